The average Bonchev–Trinajstić information content (AvgIpc) is 3.16. The average molecular weight is 320 g/mol. The van der Waals surface area contributed by atoms with Crippen molar-refractivity contribution in [1.82, 2.24) is 15.1 Å². The van der Waals surface area contributed by atoms with Crippen LogP contribution in [-0.4, -0.2) is 28.5 Å². The molecule has 0 aromatic carbocycles. The molecule has 0 bridgehead atoms. The molecule has 118 valence electrons. The van der Waals surface area contributed by atoms with Crippen LogP contribution < -0.4 is 10.6 Å². The molecular weight excluding hydrogens is 300 g/mol. The summed E-state index contributed by atoms with van der Waals surface area (Å²) in [4.78, 5) is 12.2. The number of hydrogen-bond acceptors (Lipinski definition) is 4. The number of carbonyl (C=O) groups is 1. The summed E-state index contributed by atoms with van der Waals surface area (Å²) in [5, 5.41) is 14.1. The molecule has 3 heterocycles. The van der Waals surface area contributed by atoms with Crippen molar-refractivity contribution in [2.75, 3.05) is 11.9 Å². The normalized spacial score (nSPS) is 21.0. The Balaban J connectivity index is 1.67. The molecule has 7 heteroatoms. The van der Waals surface area contributed by atoms with Gasteiger partial charge in [0.15, 0.2) is 0 Å². The Morgan fingerprint density at radius 3 is 2.91 bits per heavy atom. The van der Waals surface area contributed by atoms with E-state index in [1.165, 1.54) is 0 Å². The lowest BCUT2D eigenvalue weighted by Gasteiger charge is -2.20. The number of rotatable bonds is 3. The maximum Gasteiger partial charge on any atom is 0.319 e. The summed E-state index contributed by atoms with van der Waals surface area (Å²) in [5.74, 6) is 0. The summed E-state index contributed by atoms with van der Waals surface area (Å²) < 4.78 is 7.63. The molecule has 0 saturated carbocycles. The van der Waals surface area contributed by atoms with Crippen LogP contribution in [0.3, 0.4) is 0 Å². The second-order valence-electron chi connectivity index (χ2n) is 5.56. The Bertz CT molecular complexity index is 679. The highest BCUT2D eigenvalue weighted by Gasteiger charge is 2.33. The van der Waals surface area contributed by atoms with E-state index < -0.39 is 0 Å². The number of carbonyl (C=O) groups excluding carboxylic acids is 1. The van der Waals surface area contributed by atoms with Crippen LogP contribution in [0.15, 0.2) is 17.0 Å². The van der Waals surface area contributed by atoms with Gasteiger partial charge in [-0.3, -0.25) is 4.68 Å². The van der Waals surface area contributed by atoms with E-state index in [1.54, 1.807) is 11.3 Å². The number of nitrogens with zero attached hydrogens (tertiary/aromatic N) is 2. The third kappa shape index (κ3) is 2.86. The first-order chi connectivity index (χ1) is 10.6. The van der Waals surface area contributed by atoms with Crippen LogP contribution in [0.4, 0.5) is 10.5 Å². The number of amides is 2. The molecule has 1 aliphatic heterocycles. The van der Waals surface area contributed by atoms with E-state index in [4.69, 9.17) is 4.74 Å². The lowest BCUT2D eigenvalue weighted by molar-refractivity contribution is 0.0998. The molecule has 6 nitrogen and oxygen atoms in total. The molecule has 1 aliphatic rings. The number of nitrogens with one attached hydrogen (secondary N) is 2. The van der Waals surface area contributed by atoms with Crippen molar-refractivity contribution in [3.63, 3.8) is 0 Å². The quantitative estimate of drug-likeness (QED) is 0.914. The fourth-order valence-electron chi connectivity index (χ4n) is 2.65. The first kappa shape index (κ1) is 15.1. The molecule has 0 spiro atoms. The third-order valence-corrected chi connectivity index (χ3v) is 4.95. The van der Waals surface area contributed by atoms with Crippen LogP contribution in [0.25, 0.3) is 0 Å². The first-order valence-corrected chi connectivity index (χ1v) is 8.21. The number of thiophene rings is 1. The Kier molecular flexibility index (Phi) is 4.17. The van der Waals surface area contributed by atoms with Crippen LogP contribution in [0.5, 0.6) is 0 Å². The Morgan fingerprint density at radius 2 is 2.27 bits per heavy atom. The van der Waals surface area contributed by atoms with Gasteiger partial charge in [0.25, 0.3) is 0 Å². The smallest absolute Gasteiger partial charge is 0.319 e. The van der Waals surface area contributed by atoms with Crippen molar-refractivity contribution < 1.29 is 9.53 Å². The minimum absolute atomic E-state index is 0.0400. The topological polar surface area (TPSA) is 68.2 Å². The molecule has 3 rings (SSSR count). The van der Waals surface area contributed by atoms with Crippen LogP contribution in [0, 0.1) is 13.8 Å². The van der Waals surface area contributed by atoms with Crippen molar-refractivity contribution in [3.05, 3.63) is 33.8 Å². The standard InChI is InChI=1S/C15H20N4O2S/c1-9-7-22-8-13(9)18-15(20)17-12-4-5-21-14(12)11-6-16-19(3)10(11)2/h6-8,12,14H,4-5H2,1-3H3,(H2,17,18,20)/t12-,14+/m0/s1. The van der Waals surface area contributed by atoms with Gasteiger partial charge in [-0.15, -0.1) is 11.3 Å². The Hall–Kier alpha value is -1.86. The molecule has 1 saturated heterocycles. The molecule has 2 amide bonds. The van der Waals surface area contributed by atoms with Crippen LogP contribution in [0.1, 0.15) is 29.3 Å². The lowest BCUT2D eigenvalue weighted by atomic mass is 10.0. The highest BCUT2D eigenvalue weighted by molar-refractivity contribution is 7.08. The van der Waals surface area contributed by atoms with Gasteiger partial charge in [-0.25, -0.2) is 4.79 Å². The molecule has 2 N–H and O–H groups in total. The number of anilines is 1. The molecular formula is C15H20N4O2S. The molecule has 22 heavy (non-hydrogen) atoms. The summed E-state index contributed by atoms with van der Waals surface area (Å²) in [6.45, 7) is 4.63. The van der Waals surface area contributed by atoms with Crippen molar-refractivity contribution in [2.24, 2.45) is 7.05 Å². The van der Waals surface area contributed by atoms with Gasteiger partial charge in [0.1, 0.15) is 6.10 Å². The van der Waals surface area contributed by atoms with Crippen molar-refractivity contribution in [1.29, 1.82) is 0 Å². The third-order valence-electron chi connectivity index (χ3n) is 4.09. The van der Waals surface area contributed by atoms with Gasteiger partial charge >= 0.3 is 6.03 Å². The molecule has 1 fully saturated rings. The zero-order valence-electron chi connectivity index (χ0n) is 12.9. The van der Waals surface area contributed by atoms with Gasteiger partial charge in [0.2, 0.25) is 0 Å². The fraction of sp³-hybridized carbons (Fsp3) is 0.467. The van der Waals surface area contributed by atoms with Gasteiger partial charge in [-0.2, -0.15) is 5.10 Å². The van der Waals surface area contributed by atoms with E-state index in [-0.39, 0.29) is 18.2 Å². The monoisotopic (exact) mass is 320 g/mol. The van der Waals surface area contributed by atoms with Gasteiger partial charge in [-0.05, 0) is 31.2 Å². The van der Waals surface area contributed by atoms with Crippen LogP contribution in [0.2, 0.25) is 0 Å². The molecule has 0 radical (unpaired) electrons. The van der Waals surface area contributed by atoms with Crippen molar-refractivity contribution in [2.45, 2.75) is 32.4 Å². The number of urea groups is 1. The molecule has 2 atom stereocenters. The number of ether oxygens (including phenoxy) is 1. The molecule has 0 unspecified atom stereocenters. The predicted octanol–water partition coefficient (Wildman–Crippen LogP) is 2.75. The van der Waals surface area contributed by atoms with E-state index in [0.29, 0.717) is 6.61 Å². The second kappa shape index (κ2) is 6.10. The first-order valence-electron chi connectivity index (χ1n) is 7.26. The van der Waals surface area contributed by atoms with E-state index >= 15 is 0 Å². The summed E-state index contributed by atoms with van der Waals surface area (Å²) >= 11 is 1.57. The summed E-state index contributed by atoms with van der Waals surface area (Å²) in [6.07, 6.45) is 2.48. The zero-order valence-corrected chi connectivity index (χ0v) is 13.7. The summed E-state index contributed by atoms with van der Waals surface area (Å²) in [5.41, 5.74) is 4.03. The van der Waals surface area contributed by atoms with Crippen molar-refractivity contribution >= 4 is 23.1 Å². The SMILES string of the molecule is Cc1cscc1NC(=O)N[C@H]1CCO[C@@H]1c1cnn(C)c1C. The minimum atomic E-state index is -0.191. The van der Waals surface area contributed by atoms with E-state index in [1.807, 2.05) is 42.5 Å². The summed E-state index contributed by atoms with van der Waals surface area (Å²) in [7, 11) is 1.91. The number of aryl methyl sites for hydroxylation is 2. The van der Waals surface area contributed by atoms with Gasteiger partial charge in [-0.1, -0.05) is 0 Å². The van der Waals surface area contributed by atoms with E-state index in [0.717, 1.165) is 28.9 Å². The number of aromatic nitrogens is 2. The largest absolute Gasteiger partial charge is 0.371 e. The zero-order chi connectivity index (χ0) is 15.7. The maximum absolute atomic E-state index is 12.2. The Morgan fingerprint density at radius 1 is 1.45 bits per heavy atom. The maximum atomic E-state index is 12.2. The van der Waals surface area contributed by atoms with E-state index in [9.17, 15) is 4.79 Å². The minimum Gasteiger partial charge on any atom is -0.371 e. The number of hydrogen-bond donors (Lipinski definition) is 2. The van der Waals surface area contributed by atoms with E-state index in [2.05, 4.69) is 15.7 Å². The second-order valence-corrected chi connectivity index (χ2v) is 6.31. The summed E-state index contributed by atoms with van der Waals surface area (Å²) in [6, 6.07) is -0.231. The molecule has 2 aromatic heterocycles. The molecule has 0 aliphatic carbocycles. The van der Waals surface area contributed by atoms with Crippen LogP contribution in [-0.2, 0) is 11.8 Å². The predicted molar refractivity (Wildman–Crippen MR) is 86.3 cm³/mol. The Labute approximate surface area is 133 Å². The van der Waals surface area contributed by atoms with Gasteiger partial charge in [0.05, 0.1) is 17.9 Å². The highest BCUT2D eigenvalue weighted by atomic mass is 32.1. The van der Waals surface area contributed by atoms with Crippen LogP contribution >= 0.6 is 11.3 Å². The van der Waals surface area contributed by atoms with Gasteiger partial charge < -0.3 is 15.4 Å². The lowest BCUT2D eigenvalue weighted by Crippen LogP contribution is -2.39. The highest BCUT2D eigenvalue weighted by Crippen LogP contribution is 2.31. The fourth-order valence-corrected chi connectivity index (χ4v) is 3.43. The van der Waals surface area contributed by atoms with Crippen molar-refractivity contribution in [3.8, 4) is 0 Å². The van der Waals surface area contributed by atoms with Gasteiger partial charge in [0, 0.05) is 30.3 Å². The molecule has 2 aromatic rings.